The Balaban J connectivity index is 1.64. The lowest BCUT2D eigenvalue weighted by Crippen LogP contribution is -2.25. The third-order valence-electron chi connectivity index (χ3n) is 4.84. The summed E-state index contributed by atoms with van der Waals surface area (Å²) in [6.45, 7) is 2.34. The minimum absolute atomic E-state index is 0.0988. The van der Waals surface area contributed by atoms with Gasteiger partial charge >= 0.3 is 0 Å². The summed E-state index contributed by atoms with van der Waals surface area (Å²) in [5, 5.41) is 2.79. The average Bonchev–Trinajstić information content (AvgIpc) is 2.70. The fourth-order valence-electron chi connectivity index (χ4n) is 3.21. The minimum atomic E-state index is -3.65. The van der Waals surface area contributed by atoms with Crippen LogP contribution in [-0.2, 0) is 10.0 Å². The smallest absolute Gasteiger partial charge is 0.255 e. The van der Waals surface area contributed by atoms with Crippen LogP contribution in [0.4, 0.5) is 5.69 Å². The monoisotopic (exact) mass is 398 g/mol. The highest BCUT2D eigenvalue weighted by molar-refractivity contribution is 7.89. The number of nitrogens with one attached hydrogen (secondary N) is 2. The standard InChI is InChI=1S/C22H26N2O3S/c1-17-10-12-20(13-11-17)24-22(25)19-8-5-9-21(16-19)28(26,27)23-15-14-18-6-3-2-4-7-18/h5-6,8-13,16,23H,2-4,7,14-15H2,1H3,(H,24,25). The molecule has 5 nitrogen and oxygen atoms in total. The van der Waals surface area contributed by atoms with Crippen LogP contribution in [0, 0.1) is 6.92 Å². The van der Waals surface area contributed by atoms with Gasteiger partial charge in [0.05, 0.1) is 4.90 Å². The molecule has 0 radical (unpaired) electrons. The second kappa shape index (κ2) is 9.17. The van der Waals surface area contributed by atoms with Gasteiger partial charge in [-0.3, -0.25) is 4.79 Å². The highest BCUT2D eigenvalue weighted by Gasteiger charge is 2.16. The first-order valence-electron chi connectivity index (χ1n) is 9.60. The van der Waals surface area contributed by atoms with E-state index in [-0.39, 0.29) is 10.8 Å². The van der Waals surface area contributed by atoms with Crippen molar-refractivity contribution in [1.82, 2.24) is 4.72 Å². The van der Waals surface area contributed by atoms with Crippen LogP contribution < -0.4 is 10.0 Å². The number of benzene rings is 2. The van der Waals surface area contributed by atoms with Crippen LogP contribution in [-0.4, -0.2) is 20.9 Å². The van der Waals surface area contributed by atoms with Gasteiger partial charge in [0.25, 0.3) is 5.91 Å². The Morgan fingerprint density at radius 3 is 2.57 bits per heavy atom. The maximum atomic E-state index is 12.6. The molecule has 0 unspecified atom stereocenters. The number of amides is 1. The molecule has 0 bridgehead atoms. The Hall–Kier alpha value is -2.44. The summed E-state index contributed by atoms with van der Waals surface area (Å²) in [6, 6.07) is 13.5. The molecular formula is C22H26N2O3S. The molecule has 1 aliphatic rings. The summed E-state index contributed by atoms with van der Waals surface area (Å²) >= 11 is 0. The second-order valence-electron chi connectivity index (χ2n) is 7.10. The van der Waals surface area contributed by atoms with E-state index in [0.717, 1.165) is 24.8 Å². The fraction of sp³-hybridized carbons (Fsp3) is 0.318. The van der Waals surface area contributed by atoms with E-state index in [1.807, 2.05) is 31.2 Å². The summed E-state index contributed by atoms with van der Waals surface area (Å²) in [6.07, 6.45) is 7.47. The van der Waals surface area contributed by atoms with Crippen LogP contribution in [0.2, 0.25) is 0 Å². The molecular weight excluding hydrogens is 372 g/mol. The van der Waals surface area contributed by atoms with E-state index >= 15 is 0 Å². The molecule has 3 rings (SSSR count). The molecule has 0 aromatic heterocycles. The number of hydrogen-bond donors (Lipinski definition) is 2. The van der Waals surface area contributed by atoms with Crippen LogP contribution in [0.1, 0.15) is 48.0 Å². The molecule has 0 saturated heterocycles. The van der Waals surface area contributed by atoms with E-state index in [0.29, 0.717) is 17.8 Å². The summed E-state index contributed by atoms with van der Waals surface area (Å²) in [5.74, 6) is -0.340. The lowest BCUT2D eigenvalue weighted by molar-refractivity contribution is 0.102. The van der Waals surface area contributed by atoms with Crippen molar-refractivity contribution in [3.05, 3.63) is 71.3 Å². The van der Waals surface area contributed by atoms with Crippen molar-refractivity contribution in [3.63, 3.8) is 0 Å². The van der Waals surface area contributed by atoms with Gasteiger partial charge in [-0.1, -0.05) is 35.4 Å². The van der Waals surface area contributed by atoms with Crippen LogP contribution in [0.5, 0.6) is 0 Å². The first-order valence-corrected chi connectivity index (χ1v) is 11.1. The molecule has 0 saturated carbocycles. The third kappa shape index (κ3) is 5.53. The topological polar surface area (TPSA) is 75.3 Å². The third-order valence-corrected chi connectivity index (χ3v) is 6.30. The molecule has 2 N–H and O–H groups in total. The fourth-order valence-corrected chi connectivity index (χ4v) is 4.28. The first kappa shape index (κ1) is 20.3. The summed E-state index contributed by atoms with van der Waals surface area (Å²) in [4.78, 5) is 12.6. The molecule has 1 amide bonds. The maximum Gasteiger partial charge on any atom is 0.255 e. The van der Waals surface area contributed by atoms with Gasteiger partial charge in [0.15, 0.2) is 0 Å². The van der Waals surface area contributed by atoms with E-state index in [1.54, 1.807) is 12.1 Å². The summed E-state index contributed by atoms with van der Waals surface area (Å²) in [5.41, 5.74) is 3.39. The molecule has 0 heterocycles. The van der Waals surface area contributed by atoms with E-state index in [2.05, 4.69) is 16.1 Å². The largest absolute Gasteiger partial charge is 0.322 e. The van der Waals surface area contributed by atoms with E-state index in [9.17, 15) is 13.2 Å². The second-order valence-corrected chi connectivity index (χ2v) is 8.87. The van der Waals surface area contributed by atoms with E-state index < -0.39 is 10.0 Å². The number of aryl methyl sites for hydroxylation is 1. The Kier molecular flexibility index (Phi) is 6.65. The molecule has 6 heteroatoms. The number of anilines is 1. The van der Waals surface area contributed by atoms with Gasteiger partial charge in [-0.2, -0.15) is 0 Å². The van der Waals surface area contributed by atoms with E-state index in [1.165, 1.54) is 30.5 Å². The van der Waals surface area contributed by atoms with Gasteiger partial charge in [0.1, 0.15) is 0 Å². The van der Waals surface area contributed by atoms with Crippen molar-refractivity contribution < 1.29 is 13.2 Å². The van der Waals surface area contributed by atoms with Gasteiger partial charge in [-0.15, -0.1) is 0 Å². The number of rotatable bonds is 7. The number of sulfonamides is 1. The molecule has 28 heavy (non-hydrogen) atoms. The number of carbonyl (C=O) groups excluding carboxylic acids is 1. The molecule has 0 aliphatic heterocycles. The predicted octanol–water partition coefficient (Wildman–Crippen LogP) is 4.42. The first-order chi connectivity index (χ1) is 13.4. The van der Waals surface area contributed by atoms with E-state index in [4.69, 9.17) is 0 Å². The Labute approximate surface area is 166 Å². The Bertz CT molecular complexity index is 964. The molecule has 0 atom stereocenters. The zero-order valence-electron chi connectivity index (χ0n) is 16.1. The summed E-state index contributed by atoms with van der Waals surface area (Å²) < 4.78 is 27.8. The molecule has 1 aliphatic carbocycles. The Morgan fingerprint density at radius 2 is 1.86 bits per heavy atom. The van der Waals surface area contributed by atoms with Crippen molar-refractivity contribution in [2.75, 3.05) is 11.9 Å². The number of hydrogen-bond acceptors (Lipinski definition) is 3. The highest BCUT2D eigenvalue weighted by Crippen LogP contribution is 2.20. The van der Waals surface area contributed by atoms with Crippen LogP contribution in [0.25, 0.3) is 0 Å². The van der Waals surface area contributed by atoms with Crippen molar-refractivity contribution in [2.45, 2.75) is 43.9 Å². The van der Waals surface area contributed by atoms with Gasteiger partial charge in [-0.25, -0.2) is 13.1 Å². The lowest BCUT2D eigenvalue weighted by atomic mass is 9.97. The zero-order chi connectivity index (χ0) is 20.0. The molecule has 2 aromatic rings. The van der Waals surface area contributed by atoms with Crippen LogP contribution >= 0.6 is 0 Å². The normalized spacial score (nSPS) is 14.4. The van der Waals surface area contributed by atoms with Crippen molar-refractivity contribution in [3.8, 4) is 0 Å². The number of allylic oxidation sites excluding steroid dienone is 1. The Morgan fingerprint density at radius 1 is 1.07 bits per heavy atom. The van der Waals surface area contributed by atoms with Crippen LogP contribution in [0.15, 0.2) is 65.1 Å². The molecule has 0 spiro atoms. The predicted molar refractivity (Wildman–Crippen MR) is 112 cm³/mol. The average molecular weight is 399 g/mol. The SMILES string of the molecule is Cc1ccc(NC(=O)c2cccc(S(=O)(=O)NCCC3=CCCCC3)c2)cc1. The van der Waals surface area contributed by atoms with Gasteiger partial charge in [0, 0.05) is 17.8 Å². The lowest BCUT2D eigenvalue weighted by Gasteiger charge is -2.13. The van der Waals surface area contributed by atoms with Crippen LogP contribution in [0.3, 0.4) is 0 Å². The van der Waals surface area contributed by atoms with Gasteiger partial charge in [0.2, 0.25) is 10.0 Å². The molecule has 0 fully saturated rings. The molecule has 148 valence electrons. The molecule has 2 aromatic carbocycles. The van der Waals surface area contributed by atoms with Crippen molar-refractivity contribution in [2.24, 2.45) is 0 Å². The zero-order valence-corrected chi connectivity index (χ0v) is 16.9. The minimum Gasteiger partial charge on any atom is -0.322 e. The maximum absolute atomic E-state index is 12.6. The highest BCUT2D eigenvalue weighted by atomic mass is 32.2. The van der Waals surface area contributed by atoms with Crippen molar-refractivity contribution in [1.29, 1.82) is 0 Å². The number of carbonyl (C=O) groups is 1. The van der Waals surface area contributed by atoms with Crippen molar-refractivity contribution >= 4 is 21.6 Å². The van der Waals surface area contributed by atoms with Gasteiger partial charge in [-0.05, 0) is 69.4 Å². The van der Waals surface area contributed by atoms with Gasteiger partial charge < -0.3 is 5.32 Å². The quantitative estimate of drug-likeness (QED) is 0.678. The summed E-state index contributed by atoms with van der Waals surface area (Å²) in [7, 11) is -3.65.